The molecule has 3 N–H and O–H groups in total. The molecule has 100 valence electrons. The van der Waals surface area contributed by atoms with Gasteiger partial charge < -0.3 is 15.8 Å². The number of carbonyl (C=O) groups excluding carboxylic acids is 2. The molecule has 0 aliphatic heterocycles. The van der Waals surface area contributed by atoms with Gasteiger partial charge in [0.25, 0.3) is 11.8 Å². The molecule has 0 aliphatic rings. The number of nitrogens with two attached hydrogens (primary N) is 1. The highest BCUT2D eigenvalue weighted by molar-refractivity contribution is 6.39. The highest BCUT2D eigenvalue weighted by Gasteiger charge is 2.22. The van der Waals surface area contributed by atoms with E-state index >= 15 is 0 Å². The summed E-state index contributed by atoms with van der Waals surface area (Å²) in [7, 11) is 0. The summed E-state index contributed by atoms with van der Waals surface area (Å²) in [6, 6.07) is 4.57. The molecule has 2 amide bonds. The SMILES string of the molecule is C#CCOC(NC(=O)c1c(Cl)cccc1Cl)C(N)=O. The Balaban J connectivity index is 2.88. The minimum absolute atomic E-state index is 0.0291. The first-order valence-electron chi connectivity index (χ1n) is 5.06. The van der Waals surface area contributed by atoms with E-state index in [1.165, 1.54) is 12.1 Å². The number of primary amides is 1. The van der Waals surface area contributed by atoms with Crippen molar-refractivity contribution in [3.05, 3.63) is 33.8 Å². The lowest BCUT2D eigenvalue weighted by atomic mass is 10.2. The van der Waals surface area contributed by atoms with Crippen LogP contribution in [0, 0.1) is 12.3 Å². The third-order valence-corrected chi connectivity index (χ3v) is 2.67. The van der Waals surface area contributed by atoms with Gasteiger partial charge in [0.2, 0.25) is 6.23 Å². The van der Waals surface area contributed by atoms with E-state index in [1.54, 1.807) is 6.07 Å². The highest BCUT2D eigenvalue weighted by atomic mass is 35.5. The van der Waals surface area contributed by atoms with Crippen molar-refractivity contribution in [1.82, 2.24) is 5.32 Å². The standard InChI is InChI=1S/C12H10Cl2N2O3/c1-2-6-19-12(10(15)17)16-11(18)9-7(13)4-3-5-8(9)14/h1,3-5,12H,6H2,(H2,15,17)(H,16,18). The molecule has 1 aromatic carbocycles. The summed E-state index contributed by atoms with van der Waals surface area (Å²) in [6.07, 6.45) is 3.63. The van der Waals surface area contributed by atoms with Crippen LogP contribution in [0.3, 0.4) is 0 Å². The van der Waals surface area contributed by atoms with Crippen LogP contribution < -0.4 is 11.1 Å². The minimum atomic E-state index is -1.35. The molecule has 19 heavy (non-hydrogen) atoms. The van der Waals surface area contributed by atoms with Crippen molar-refractivity contribution >= 4 is 35.0 Å². The van der Waals surface area contributed by atoms with Gasteiger partial charge in [0, 0.05) is 0 Å². The molecule has 0 radical (unpaired) electrons. The maximum Gasteiger partial charge on any atom is 0.267 e. The molecule has 0 bridgehead atoms. The van der Waals surface area contributed by atoms with Crippen molar-refractivity contribution in [2.75, 3.05) is 6.61 Å². The lowest BCUT2D eigenvalue weighted by Gasteiger charge is -2.15. The molecule has 1 aromatic rings. The number of ether oxygens (including phenoxy) is 1. The van der Waals surface area contributed by atoms with E-state index in [-0.39, 0.29) is 22.2 Å². The van der Waals surface area contributed by atoms with E-state index in [0.29, 0.717) is 0 Å². The number of terminal acetylenes is 1. The Morgan fingerprint density at radius 2 is 2.00 bits per heavy atom. The van der Waals surface area contributed by atoms with Crippen LogP contribution >= 0.6 is 23.2 Å². The second-order valence-electron chi connectivity index (χ2n) is 3.37. The van der Waals surface area contributed by atoms with Crippen LogP contribution in [-0.4, -0.2) is 24.6 Å². The molecule has 1 unspecified atom stereocenters. The number of amides is 2. The highest BCUT2D eigenvalue weighted by Crippen LogP contribution is 2.24. The van der Waals surface area contributed by atoms with Crippen LogP contribution in [0.5, 0.6) is 0 Å². The molecule has 0 saturated carbocycles. The van der Waals surface area contributed by atoms with Gasteiger partial charge in [0.15, 0.2) is 0 Å². The van der Waals surface area contributed by atoms with Gasteiger partial charge in [-0.15, -0.1) is 6.42 Å². The Kier molecular flexibility index (Phi) is 5.64. The molecule has 7 heteroatoms. The molecule has 0 saturated heterocycles. The predicted octanol–water partition coefficient (Wildman–Crippen LogP) is 1.18. The molecule has 0 fully saturated rings. The maximum absolute atomic E-state index is 11.9. The first kappa shape index (κ1) is 15.3. The monoisotopic (exact) mass is 300 g/mol. The van der Waals surface area contributed by atoms with E-state index in [1.807, 2.05) is 0 Å². The summed E-state index contributed by atoms with van der Waals surface area (Å²) in [6.45, 7) is -0.176. The fourth-order valence-corrected chi connectivity index (χ4v) is 1.80. The van der Waals surface area contributed by atoms with Gasteiger partial charge in [-0.25, -0.2) is 0 Å². The van der Waals surface area contributed by atoms with Crippen LogP contribution in [0.1, 0.15) is 10.4 Å². The number of hydrogen-bond acceptors (Lipinski definition) is 3. The van der Waals surface area contributed by atoms with Crippen molar-refractivity contribution in [2.45, 2.75) is 6.23 Å². The van der Waals surface area contributed by atoms with Crippen LogP contribution in [-0.2, 0) is 9.53 Å². The molecule has 0 heterocycles. The van der Waals surface area contributed by atoms with Crippen LogP contribution in [0.15, 0.2) is 18.2 Å². The number of halogens is 2. The summed E-state index contributed by atoms with van der Waals surface area (Å²) in [5, 5.41) is 2.54. The quantitative estimate of drug-likeness (QED) is 0.633. The van der Waals surface area contributed by atoms with Gasteiger partial charge in [-0.05, 0) is 12.1 Å². The van der Waals surface area contributed by atoms with Crippen molar-refractivity contribution in [3.63, 3.8) is 0 Å². The second-order valence-corrected chi connectivity index (χ2v) is 4.18. The van der Waals surface area contributed by atoms with E-state index < -0.39 is 18.0 Å². The fraction of sp³-hybridized carbons (Fsp3) is 0.167. The van der Waals surface area contributed by atoms with Gasteiger partial charge in [-0.1, -0.05) is 35.2 Å². The third kappa shape index (κ3) is 4.14. The zero-order valence-electron chi connectivity index (χ0n) is 9.65. The van der Waals surface area contributed by atoms with E-state index in [4.69, 9.17) is 40.1 Å². The van der Waals surface area contributed by atoms with Crippen LogP contribution in [0.25, 0.3) is 0 Å². The van der Waals surface area contributed by atoms with Crippen molar-refractivity contribution < 1.29 is 14.3 Å². The van der Waals surface area contributed by atoms with E-state index in [9.17, 15) is 9.59 Å². The number of nitrogens with one attached hydrogen (secondary N) is 1. The zero-order valence-corrected chi connectivity index (χ0v) is 11.2. The zero-order chi connectivity index (χ0) is 14.4. The molecule has 0 aromatic heterocycles. The van der Waals surface area contributed by atoms with Crippen molar-refractivity contribution in [2.24, 2.45) is 5.73 Å². The molecule has 0 aliphatic carbocycles. The lowest BCUT2D eigenvalue weighted by Crippen LogP contribution is -2.46. The first-order valence-corrected chi connectivity index (χ1v) is 5.82. The van der Waals surface area contributed by atoms with E-state index in [0.717, 1.165) is 0 Å². The molecular weight excluding hydrogens is 291 g/mol. The number of carbonyl (C=O) groups is 2. The molecule has 0 spiro atoms. The normalized spacial score (nSPS) is 11.4. The Morgan fingerprint density at radius 1 is 1.42 bits per heavy atom. The maximum atomic E-state index is 11.9. The average Bonchev–Trinajstić information content (AvgIpc) is 2.33. The largest absolute Gasteiger partial charge is 0.366 e. The summed E-state index contributed by atoms with van der Waals surface area (Å²) in [5.74, 6) is 0.589. The van der Waals surface area contributed by atoms with E-state index in [2.05, 4.69) is 11.2 Å². The third-order valence-electron chi connectivity index (χ3n) is 2.04. The number of rotatable bonds is 5. The smallest absolute Gasteiger partial charge is 0.267 e. The van der Waals surface area contributed by atoms with Crippen molar-refractivity contribution in [1.29, 1.82) is 0 Å². The number of benzene rings is 1. The molecule has 1 atom stereocenters. The van der Waals surface area contributed by atoms with Gasteiger partial charge in [-0.2, -0.15) is 0 Å². The summed E-state index contributed by atoms with van der Waals surface area (Å²) in [5.41, 5.74) is 5.10. The number of hydrogen-bond donors (Lipinski definition) is 2. The average molecular weight is 301 g/mol. The van der Waals surface area contributed by atoms with Gasteiger partial charge in [0.05, 0.1) is 15.6 Å². The Morgan fingerprint density at radius 3 is 2.47 bits per heavy atom. The van der Waals surface area contributed by atoms with Crippen molar-refractivity contribution in [3.8, 4) is 12.3 Å². The molecular formula is C12H10Cl2N2O3. The molecule has 5 nitrogen and oxygen atoms in total. The molecule has 1 rings (SSSR count). The Labute approximate surface area is 120 Å². The Bertz CT molecular complexity index is 520. The van der Waals surface area contributed by atoms with Gasteiger partial charge in [0.1, 0.15) is 6.61 Å². The summed E-state index contributed by atoms with van der Waals surface area (Å²) in [4.78, 5) is 23.0. The Hall–Kier alpha value is -1.74. The lowest BCUT2D eigenvalue weighted by molar-refractivity contribution is -0.129. The minimum Gasteiger partial charge on any atom is -0.366 e. The fourth-order valence-electron chi connectivity index (χ4n) is 1.23. The first-order chi connectivity index (χ1) is 8.97. The summed E-state index contributed by atoms with van der Waals surface area (Å²) >= 11 is 11.7. The predicted molar refractivity (Wildman–Crippen MR) is 71.7 cm³/mol. The van der Waals surface area contributed by atoms with Gasteiger partial charge >= 0.3 is 0 Å². The van der Waals surface area contributed by atoms with Crippen LogP contribution in [0.4, 0.5) is 0 Å². The topological polar surface area (TPSA) is 81.4 Å². The summed E-state index contributed by atoms with van der Waals surface area (Å²) < 4.78 is 4.90. The van der Waals surface area contributed by atoms with Crippen LogP contribution in [0.2, 0.25) is 10.0 Å². The van der Waals surface area contributed by atoms with Gasteiger partial charge in [-0.3, -0.25) is 9.59 Å². The second kappa shape index (κ2) is 7.00.